The van der Waals surface area contributed by atoms with Crippen molar-refractivity contribution >= 4 is 11.9 Å². The van der Waals surface area contributed by atoms with Gasteiger partial charge in [0.2, 0.25) is 5.91 Å². The van der Waals surface area contributed by atoms with E-state index in [2.05, 4.69) is 10.6 Å². The second kappa shape index (κ2) is 8.18. The maximum absolute atomic E-state index is 13.2. The number of fused-ring (bicyclic) bond motifs is 1. The van der Waals surface area contributed by atoms with Crippen LogP contribution >= 0.6 is 0 Å². The second-order valence-electron chi connectivity index (χ2n) is 9.05. The molecule has 3 aliphatic carbocycles. The number of nitrogens with zero attached hydrogens (tertiary/aromatic N) is 1. The lowest BCUT2D eigenvalue weighted by Crippen LogP contribution is -2.55. The Kier molecular flexibility index (Phi) is 5.70. The smallest absolute Gasteiger partial charge is 0.318 e. The Labute approximate surface area is 157 Å². The molecule has 0 radical (unpaired) electrons. The molecule has 2 N–H and O–H groups in total. The molecule has 3 saturated carbocycles. The zero-order valence-corrected chi connectivity index (χ0v) is 16.0. The lowest BCUT2D eigenvalue weighted by Gasteiger charge is -2.35. The molecule has 4 rings (SSSR count). The van der Waals surface area contributed by atoms with Gasteiger partial charge < -0.3 is 15.5 Å². The third-order valence-electron chi connectivity index (χ3n) is 7.26. The summed E-state index contributed by atoms with van der Waals surface area (Å²) in [6.45, 7) is 0. The van der Waals surface area contributed by atoms with Crippen molar-refractivity contribution in [2.24, 2.45) is 5.92 Å². The fourth-order valence-corrected chi connectivity index (χ4v) is 5.85. The molecule has 0 aromatic rings. The van der Waals surface area contributed by atoms with E-state index in [4.69, 9.17) is 0 Å². The first-order chi connectivity index (χ1) is 12.7. The molecule has 26 heavy (non-hydrogen) atoms. The number of hydrogen-bond donors (Lipinski definition) is 2. The Morgan fingerprint density at radius 3 is 2.00 bits per heavy atom. The maximum Gasteiger partial charge on any atom is 0.318 e. The third kappa shape index (κ3) is 3.86. The van der Waals surface area contributed by atoms with Gasteiger partial charge in [0.1, 0.15) is 6.04 Å². The normalized spacial score (nSPS) is 33.1. The van der Waals surface area contributed by atoms with Gasteiger partial charge in [-0.05, 0) is 50.9 Å². The van der Waals surface area contributed by atoms with Crippen molar-refractivity contribution in [3.8, 4) is 0 Å². The molecular formula is C21H35N3O2. The summed E-state index contributed by atoms with van der Waals surface area (Å²) >= 11 is 0. The second-order valence-corrected chi connectivity index (χ2v) is 9.05. The van der Waals surface area contributed by atoms with Gasteiger partial charge in [0.15, 0.2) is 0 Å². The van der Waals surface area contributed by atoms with Gasteiger partial charge in [-0.1, -0.05) is 44.9 Å². The van der Waals surface area contributed by atoms with E-state index in [1.807, 2.05) is 4.90 Å². The molecule has 3 atom stereocenters. The number of nitrogens with one attached hydrogen (secondary N) is 2. The molecule has 1 saturated heterocycles. The van der Waals surface area contributed by atoms with E-state index in [9.17, 15) is 9.59 Å². The van der Waals surface area contributed by atoms with E-state index in [1.54, 1.807) is 0 Å². The molecule has 0 aromatic carbocycles. The quantitative estimate of drug-likeness (QED) is 0.805. The van der Waals surface area contributed by atoms with Crippen LogP contribution in [-0.4, -0.2) is 41.0 Å². The molecule has 1 aliphatic heterocycles. The first kappa shape index (κ1) is 18.1. The Balaban J connectivity index is 1.45. The molecule has 0 aromatic heterocycles. The van der Waals surface area contributed by atoms with Crippen molar-refractivity contribution in [3.63, 3.8) is 0 Å². The van der Waals surface area contributed by atoms with E-state index in [0.717, 1.165) is 38.5 Å². The molecule has 4 aliphatic rings. The monoisotopic (exact) mass is 361 g/mol. The van der Waals surface area contributed by atoms with E-state index in [0.29, 0.717) is 18.0 Å². The number of carbonyl (C=O) groups excluding carboxylic acids is 2. The number of hydrogen-bond acceptors (Lipinski definition) is 2. The van der Waals surface area contributed by atoms with Gasteiger partial charge in [-0.2, -0.15) is 0 Å². The van der Waals surface area contributed by atoms with Crippen molar-refractivity contribution in [2.75, 3.05) is 0 Å². The van der Waals surface area contributed by atoms with Crippen molar-refractivity contribution in [3.05, 3.63) is 0 Å². The summed E-state index contributed by atoms with van der Waals surface area (Å²) < 4.78 is 0. The topological polar surface area (TPSA) is 61.4 Å². The van der Waals surface area contributed by atoms with Crippen LogP contribution < -0.4 is 10.6 Å². The van der Waals surface area contributed by atoms with Gasteiger partial charge in [0.05, 0.1) is 0 Å². The fraction of sp³-hybridized carbons (Fsp3) is 0.905. The summed E-state index contributed by atoms with van der Waals surface area (Å²) in [5.41, 5.74) is 0. The minimum absolute atomic E-state index is 0.0258. The van der Waals surface area contributed by atoms with Crippen LogP contribution in [0.25, 0.3) is 0 Å². The predicted octanol–water partition coefficient (Wildman–Crippen LogP) is 3.72. The molecule has 0 spiro atoms. The van der Waals surface area contributed by atoms with E-state index < -0.39 is 0 Å². The average molecular weight is 362 g/mol. The van der Waals surface area contributed by atoms with Gasteiger partial charge >= 0.3 is 6.03 Å². The standard InChI is InChI=1S/C21H35N3O2/c25-20(22-16-11-5-6-12-16)19-14-15-8-4-7-13-18(15)24(19)21(26)23-17-9-2-1-3-10-17/h15-19H,1-14H2,(H,22,25)(H,23,26)/t15-,18-,19-/m0/s1. The highest BCUT2D eigenvalue weighted by molar-refractivity contribution is 5.88. The van der Waals surface area contributed by atoms with Crippen molar-refractivity contribution in [1.29, 1.82) is 0 Å². The summed E-state index contributed by atoms with van der Waals surface area (Å²) in [5.74, 6) is 0.616. The zero-order chi connectivity index (χ0) is 17.9. The Morgan fingerprint density at radius 2 is 1.27 bits per heavy atom. The van der Waals surface area contributed by atoms with E-state index >= 15 is 0 Å². The fourth-order valence-electron chi connectivity index (χ4n) is 5.85. The van der Waals surface area contributed by atoms with E-state index in [1.165, 1.54) is 51.4 Å². The molecule has 3 amide bonds. The molecule has 0 unspecified atom stereocenters. The molecule has 1 heterocycles. The van der Waals surface area contributed by atoms with Gasteiger partial charge in [-0.3, -0.25) is 4.79 Å². The number of rotatable bonds is 3. The van der Waals surface area contributed by atoms with Gasteiger partial charge in [-0.15, -0.1) is 0 Å². The Morgan fingerprint density at radius 1 is 0.692 bits per heavy atom. The van der Waals surface area contributed by atoms with Crippen LogP contribution in [0.1, 0.15) is 89.9 Å². The van der Waals surface area contributed by atoms with Gasteiger partial charge in [0, 0.05) is 18.1 Å². The highest BCUT2D eigenvalue weighted by Gasteiger charge is 2.48. The predicted molar refractivity (Wildman–Crippen MR) is 102 cm³/mol. The van der Waals surface area contributed by atoms with Gasteiger partial charge in [0.25, 0.3) is 0 Å². The minimum atomic E-state index is -0.257. The summed E-state index contributed by atoms with van der Waals surface area (Å²) in [6.07, 6.45) is 16.0. The molecule has 0 bridgehead atoms. The zero-order valence-electron chi connectivity index (χ0n) is 16.0. The number of amides is 3. The lowest BCUT2D eigenvalue weighted by molar-refractivity contribution is -0.125. The average Bonchev–Trinajstić information content (AvgIpc) is 3.29. The largest absolute Gasteiger partial charge is 0.352 e. The van der Waals surface area contributed by atoms with Crippen LogP contribution in [0.15, 0.2) is 0 Å². The molecule has 146 valence electrons. The molecular weight excluding hydrogens is 326 g/mol. The van der Waals surface area contributed by atoms with Crippen molar-refractivity contribution in [2.45, 2.75) is 114 Å². The first-order valence-corrected chi connectivity index (χ1v) is 11.1. The third-order valence-corrected chi connectivity index (χ3v) is 7.26. The van der Waals surface area contributed by atoms with Crippen LogP contribution in [0, 0.1) is 5.92 Å². The maximum atomic E-state index is 13.2. The SMILES string of the molecule is O=C(NC1CCCC1)[C@@H]1C[C@@H]2CCCC[C@@H]2N1C(=O)NC1CCCCC1. The highest BCUT2D eigenvalue weighted by Crippen LogP contribution is 2.40. The molecule has 5 nitrogen and oxygen atoms in total. The van der Waals surface area contributed by atoms with Crippen molar-refractivity contribution < 1.29 is 9.59 Å². The summed E-state index contributed by atoms with van der Waals surface area (Å²) in [5, 5.41) is 6.54. The summed E-state index contributed by atoms with van der Waals surface area (Å²) in [6, 6.07) is 0.669. The molecule has 4 fully saturated rings. The van der Waals surface area contributed by atoms with Crippen molar-refractivity contribution in [1.82, 2.24) is 15.5 Å². The summed E-state index contributed by atoms with van der Waals surface area (Å²) in [7, 11) is 0. The minimum Gasteiger partial charge on any atom is -0.352 e. The Bertz CT molecular complexity index is 511. The number of likely N-dealkylation sites (tertiary alicyclic amines) is 1. The van der Waals surface area contributed by atoms with Gasteiger partial charge in [-0.25, -0.2) is 4.79 Å². The van der Waals surface area contributed by atoms with Crippen LogP contribution in [0.3, 0.4) is 0 Å². The van der Waals surface area contributed by atoms with Crippen LogP contribution in [0.4, 0.5) is 4.79 Å². The number of carbonyl (C=O) groups is 2. The lowest BCUT2D eigenvalue weighted by atomic mass is 9.84. The van der Waals surface area contributed by atoms with E-state index in [-0.39, 0.29) is 24.0 Å². The first-order valence-electron chi connectivity index (χ1n) is 11.1. The van der Waals surface area contributed by atoms with Crippen LogP contribution in [-0.2, 0) is 4.79 Å². The van der Waals surface area contributed by atoms with Crippen LogP contribution in [0.2, 0.25) is 0 Å². The summed E-state index contributed by atoms with van der Waals surface area (Å²) in [4.78, 5) is 28.1. The highest BCUT2D eigenvalue weighted by atomic mass is 16.2. The number of urea groups is 1. The Hall–Kier alpha value is -1.26. The van der Waals surface area contributed by atoms with Crippen LogP contribution in [0.5, 0.6) is 0 Å². The molecule has 5 heteroatoms.